The molecule has 0 spiro atoms. The second-order valence-electron chi connectivity index (χ2n) is 6.23. The van der Waals surface area contributed by atoms with E-state index >= 15 is 0 Å². The van der Waals surface area contributed by atoms with Crippen LogP contribution in [0.15, 0.2) is 48.1 Å². The van der Waals surface area contributed by atoms with Gasteiger partial charge in [0.05, 0.1) is 12.1 Å². The van der Waals surface area contributed by atoms with Crippen molar-refractivity contribution in [2.24, 2.45) is 0 Å². The monoisotopic (exact) mass is 383 g/mol. The summed E-state index contributed by atoms with van der Waals surface area (Å²) in [5.41, 5.74) is 2.47. The van der Waals surface area contributed by atoms with Crippen molar-refractivity contribution in [3.63, 3.8) is 0 Å². The lowest BCUT2D eigenvalue weighted by atomic mass is 9.87. The van der Waals surface area contributed by atoms with E-state index in [1.807, 2.05) is 29.0 Å². The number of urea groups is 1. The zero-order valence-electron chi connectivity index (χ0n) is 14.5. The molecule has 2 N–H and O–H groups in total. The Labute approximate surface area is 158 Å². The second kappa shape index (κ2) is 6.51. The molecular weight excluding hydrogens is 366 g/mol. The zero-order chi connectivity index (χ0) is 19.0. The second-order valence-corrected chi connectivity index (χ2v) is 7.11. The maximum atomic E-state index is 13.0. The lowest BCUT2D eigenvalue weighted by Crippen LogP contribution is -2.49. The van der Waals surface area contributed by atoms with Crippen molar-refractivity contribution in [1.82, 2.24) is 25.1 Å². The van der Waals surface area contributed by atoms with E-state index in [0.717, 1.165) is 9.97 Å². The molecule has 4 rings (SSSR count). The maximum Gasteiger partial charge on any atom is 0.344 e. The molecule has 1 atom stereocenters. The van der Waals surface area contributed by atoms with Crippen molar-refractivity contribution in [2.75, 3.05) is 0 Å². The number of nitrogens with zero attached hydrogens (tertiary/aromatic N) is 3. The van der Waals surface area contributed by atoms with Crippen molar-refractivity contribution in [1.29, 1.82) is 0 Å². The fraction of sp³-hybridized carbons (Fsp3) is 0.222. The first-order chi connectivity index (χ1) is 13.0. The fourth-order valence-electron chi connectivity index (χ4n) is 3.23. The Kier molecular flexibility index (Phi) is 4.15. The summed E-state index contributed by atoms with van der Waals surface area (Å²) in [6.07, 6.45) is 3.93. The van der Waals surface area contributed by atoms with Crippen molar-refractivity contribution in [3.8, 4) is 0 Å². The van der Waals surface area contributed by atoms with Crippen molar-refractivity contribution >= 4 is 34.1 Å². The Bertz CT molecular complexity index is 999. The van der Waals surface area contributed by atoms with Gasteiger partial charge in [-0.3, -0.25) is 19.4 Å². The van der Waals surface area contributed by atoms with Gasteiger partial charge in [0.15, 0.2) is 4.96 Å². The molecule has 0 aliphatic carbocycles. The van der Waals surface area contributed by atoms with Gasteiger partial charge in [-0.25, -0.2) is 9.78 Å². The molecule has 1 aliphatic rings. The molecule has 3 heterocycles. The number of thiazole rings is 1. The number of benzene rings is 1. The Morgan fingerprint density at radius 3 is 2.78 bits per heavy atom. The van der Waals surface area contributed by atoms with Crippen LogP contribution in [0.3, 0.4) is 0 Å². The smallest absolute Gasteiger partial charge is 0.318 e. The van der Waals surface area contributed by atoms with Gasteiger partial charge >= 0.3 is 6.03 Å². The first kappa shape index (κ1) is 17.2. The minimum atomic E-state index is -1.18. The predicted octanol–water partition coefficient (Wildman–Crippen LogP) is 1.83. The van der Waals surface area contributed by atoms with Gasteiger partial charge in [-0.1, -0.05) is 37.3 Å². The third-order valence-corrected chi connectivity index (χ3v) is 5.38. The van der Waals surface area contributed by atoms with E-state index in [1.165, 1.54) is 11.3 Å². The normalized spacial score (nSPS) is 19.5. The molecule has 27 heavy (non-hydrogen) atoms. The van der Waals surface area contributed by atoms with E-state index in [9.17, 15) is 14.4 Å². The molecule has 0 bridgehead atoms. The number of amides is 4. The summed E-state index contributed by atoms with van der Waals surface area (Å²) in [4.78, 5) is 42.8. The van der Waals surface area contributed by atoms with Crippen molar-refractivity contribution in [2.45, 2.75) is 25.3 Å². The van der Waals surface area contributed by atoms with Gasteiger partial charge in [-0.15, -0.1) is 11.3 Å². The van der Waals surface area contributed by atoms with Crippen LogP contribution in [0.25, 0.3) is 4.96 Å². The molecule has 0 saturated carbocycles. The predicted molar refractivity (Wildman–Crippen MR) is 98.7 cm³/mol. The highest BCUT2D eigenvalue weighted by Crippen LogP contribution is 2.31. The molecule has 4 amide bonds. The molecule has 3 aromatic rings. The number of carbonyl (C=O) groups is 3. The van der Waals surface area contributed by atoms with E-state index in [0.29, 0.717) is 17.7 Å². The van der Waals surface area contributed by atoms with Gasteiger partial charge in [0.1, 0.15) is 5.54 Å². The summed E-state index contributed by atoms with van der Waals surface area (Å²) in [7, 11) is 0. The molecule has 138 valence electrons. The van der Waals surface area contributed by atoms with E-state index in [1.54, 1.807) is 30.5 Å². The molecule has 1 saturated heterocycles. The maximum absolute atomic E-state index is 13.0. The molecule has 1 unspecified atom stereocenters. The Hall–Kier alpha value is -3.20. The standard InChI is InChI=1S/C18H17N5O3S/c1-2-18(12-6-4-3-5-7-12)15(25)23(16(26)20-18)21-14(24)10-13-11-22-8-9-27-17(22)19-13/h3-9,11H,2,10H2,1H3,(H,20,26)(H,21,24). The summed E-state index contributed by atoms with van der Waals surface area (Å²) in [6.45, 7) is 1.81. The van der Waals surface area contributed by atoms with E-state index in [4.69, 9.17) is 0 Å². The van der Waals surface area contributed by atoms with Crippen LogP contribution < -0.4 is 10.7 Å². The summed E-state index contributed by atoms with van der Waals surface area (Å²) in [5.74, 6) is -0.982. The number of imidazole rings is 1. The number of hydrazine groups is 1. The van der Waals surface area contributed by atoms with Crippen LogP contribution in [-0.2, 0) is 21.5 Å². The molecule has 1 aliphatic heterocycles. The molecule has 2 aromatic heterocycles. The van der Waals surface area contributed by atoms with E-state index < -0.39 is 23.4 Å². The van der Waals surface area contributed by atoms with Gasteiger partial charge in [0.25, 0.3) is 5.91 Å². The number of fused-ring (bicyclic) bond motifs is 1. The first-order valence-corrected chi connectivity index (χ1v) is 9.34. The lowest BCUT2D eigenvalue weighted by Gasteiger charge is -2.25. The van der Waals surface area contributed by atoms with Crippen LogP contribution >= 0.6 is 11.3 Å². The van der Waals surface area contributed by atoms with Gasteiger partial charge < -0.3 is 5.32 Å². The Morgan fingerprint density at radius 1 is 1.30 bits per heavy atom. The molecule has 8 nitrogen and oxygen atoms in total. The number of imide groups is 1. The quantitative estimate of drug-likeness (QED) is 0.657. The van der Waals surface area contributed by atoms with Crippen molar-refractivity contribution < 1.29 is 14.4 Å². The molecule has 1 aromatic carbocycles. The Balaban J connectivity index is 1.51. The van der Waals surface area contributed by atoms with Crippen LogP contribution in [0.4, 0.5) is 4.79 Å². The minimum Gasteiger partial charge on any atom is -0.318 e. The average molecular weight is 383 g/mol. The molecular formula is C18H17N5O3S. The van der Waals surface area contributed by atoms with Gasteiger partial charge in [-0.2, -0.15) is 5.01 Å². The summed E-state index contributed by atoms with van der Waals surface area (Å²) >= 11 is 1.46. The summed E-state index contributed by atoms with van der Waals surface area (Å²) in [5, 5.41) is 5.38. The van der Waals surface area contributed by atoms with Crippen LogP contribution in [0, 0.1) is 0 Å². The first-order valence-electron chi connectivity index (χ1n) is 8.46. The van der Waals surface area contributed by atoms with Gasteiger partial charge in [-0.05, 0) is 12.0 Å². The third kappa shape index (κ3) is 2.85. The van der Waals surface area contributed by atoms with Crippen LogP contribution in [0.2, 0.25) is 0 Å². The number of nitrogens with one attached hydrogen (secondary N) is 2. The van der Waals surface area contributed by atoms with Gasteiger partial charge in [0, 0.05) is 17.8 Å². The number of aromatic nitrogens is 2. The van der Waals surface area contributed by atoms with E-state index in [-0.39, 0.29) is 6.42 Å². The molecule has 0 radical (unpaired) electrons. The SMILES string of the molecule is CCC1(c2ccccc2)NC(=O)N(NC(=O)Cc2cn3ccsc3n2)C1=O. The molecule has 1 fully saturated rings. The van der Waals surface area contributed by atoms with Crippen LogP contribution in [0.5, 0.6) is 0 Å². The number of hydrogen-bond acceptors (Lipinski definition) is 5. The van der Waals surface area contributed by atoms with Crippen LogP contribution in [0.1, 0.15) is 24.6 Å². The highest BCUT2D eigenvalue weighted by Gasteiger charge is 2.52. The topological polar surface area (TPSA) is 95.8 Å². The summed E-state index contributed by atoms with van der Waals surface area (Å²) < 4.78 is 1.82. The summed E-state index contributed by atoms with van der Waals surface area (Å²) in [6, 6.07) is 8.36. The highest BCUT2D eigenvalue weighted by atomic mass is 32.1. The largest absolute Gasteiger partial charge is 0.344 e. The minimum absolute atomic E-state index is 0.0318. The number of hydrogen-bond donors (Lipinski definition) is 2. The number of carbonyl (C=O) groups excluding carboxylic acids is 3. The Morgan fingerprint density at radius 2 is 2.07 bits per heavy atom. The third-order valence-electron chi connectivity index (χ3n) is 4.61. The highest BCUT2D eigenvalue weighted by molar-refractivity contribution is 7.15. The fourth-order valence-corrected chi connectivity index (χ4v) is 3.95. The number of rotatable bonds is 5. The zero-order valence-corrected chi connectivity index (χ0v) is 15.3. The average Bonchev–Trinajstić information content (AvgIpc) is 3.31. The van der Waals surface area contributed by atoms with E-state index in [2.05, 4.69) is 15.7 Å². The van der Waals surface area contributed by atoms with Crippen LogP contribution in [-0.4, -0.2) is 32.2 Å². The lowest BCUT2D eigenvalue weighted by molar-refractivity contribution is -0.139. The van der Waals surface area contributed by atoms with Crippen molar-refractivity contribution in [3.05, 3.63) is 59.4 Å². The molecule has 9 heteroatoms. The van der Waals surface area contributed by atoms with Gasteiger partial charge in [0.2, 0.25) is 5.91 Å².